The topological polar surface area (TPSA) is 71.4 Å². The maximum Gasteiger partial charge on any atom is 0.213 e. The van der Waals surface area contributed by atoms with Crippen molar-refractivity contribution in [3.63, 3.8) is 0 Å². The molecule has 23 heavy (non-hydrogen) atoms. The van der Waals surface area contributed by atoms with Gasteiger partial charge in [0, 0.05) is 24.5 Å². The van der Waals surface area contributed by atoms with Crippen molar-refractivity contribution >= 4 is 22.4 Å². The van der Waals surface area contributed by atoms with Gasteiger partial charge in [-0.25, -0.2) is 9.97 Å². The molecule has 2 N–H and O–H groups in total. The molecule has 6 nitrogen and oxygen atoms in total. The Kier molecular flexibility index (Phi) is 5.07. The fourth-order valence-electron chi connectivity index (χ4n) is 2.06. The Bertz CT molecular complexity index is 683. The number of pyridine rings is 1. The molecule has 2 aromatic rings. The monoisotopic (exact) mass is 331 g/mol. The largest absolute Gasteiger partial charge is 0.477 e. The van der Waals surface area contributed by atoms with Gasteiger partial charge in [0.05, 0.1) is 12.3 Å². The van der Waals surface area contributed by atoms with Gasteiger partial charge in [-0.3, -0.25) is 4.99 Å². The summed E-state index contributed by atoms with van der Waals surface area (Å²) < 4.78 is 5.68. The Labute approximate surface area is 140 Å². The zero-order chi connectivity index (χ0) is 16.1. The van der Waals surface area contributed by atoms with E-state index < -0.39 is 0 Å². The van der Waals surface area contributed by atoms with Crippen LogP contribution in [0.25, 0.3) is 11.4 Å². The van der Waals surface area contributed by atoms with Gasteiger partial charge in [0.2, 0.25) is 5.88 Å². The average molecular weight is 331 g/mol. The molecule has 0 unspecified atom stereocenters. The number of hydrogen-bond acceptors (Lipinski definition) is 7. The second-order valence-corrected chi connectivity index (χ2v) is 6.60. The first-order valence-corrected chi connectivity index (χ1v) is 8.70. The predicted octanol–water partition coefficient (Wildman–Crippen LogP) is 3.00. The molecule has 0 aromatic carbocycles. The first-order chi connectivity index (χ1) is 11.2. The van der Waals surface area contributed by atoms with Crippen LogP contribution in [-0.2, 0) is 0 Å². The molecule has 0 saturated heterocycles. The number of rotatable bonds is 5. The van der Waals surface area contributed by atoms with E-state index in [1.165, 1.54) is 11.3 Å². The Morgan fingerprint density at radius 1 is 1.30 bits per heavy atom. The van der Waals surface area contributed by atoms with E-state index in [-0.39, 0.29) is 0 Å². The number of aromatic nitrogens is 2. The van der Waals surface area contributed by atoms with Crippen LogP contribution in [0.3, 0.4) is 0 Å². The maximum atomic E-state index is 5.68. The summed E-state index contributed by atoms with van der Waals surface area (Å²) in [5.74, 6) is 1.90. The third-order valence-electron chi connectivity index (χ3n) is 3.18. The van der Waals surface area contributed by atoms with E-state index in [2.05, 4.69) is 39.4 Å². The molecule has 1 aliphatic heterocycles. The van der Waals surface area contributed by atoms with Crippen LogP contribution in [0.1, 0.15) is 20.3 Å². The number of ether oxygens (including phenoxy) is 1. The van der Waals surface area contributed by atoms with Crippen LogP contribution in [0.2, 0.25) is 0 Å². The summed E-state index contributed by atoms with van der Waals surface area (Å²) in [6.45, 7) is 6.69. The zero-order valence-corrected chi connectivity index (χ0v) is 14.2. The van der Waals surface area contributed by atoms with Crippen molar-refractivity contribution < 1.29 is 4.74 Å². The van der Waals surface area contributed by atoms with E-state index in [9.17, 15) is 0 Å². The standard InChI is InChI=1S/C16H21N5OS/c1-11(2)9-22-14-6-3-5-12(19-14)13-10-23-16(20-13)21-15-17-7-4-8-18-15/h3,5-6,10-11H,4,7-9H2,1-2H3,(H2,17,18,20,21). The average Bonchev–Trinajstić information content (AvgIpc) is 3.03. The van der Waals surface area contributed by atoms with Gasteiger partial charge >= 0.3 is 0 Å². The first-order valence-electron chi connectivity index (χ1n) is 7.82. The quantitative estimate of drug-likeness (QED) is 0.881. The lowest BCUT2D eigenvalue weighted by Crippen LogP contribution is -2.35. The summed E-state index contributed by atoms with van der Waals surface area (Å²) in [5, 5.41) is 9.23. The summed E-state index contributed by atoms with van der Waals surface area (Å²) in [7, 11) is 0. The molecule has 0 amide bonds. The fourth-order valence-corrected chi connectivity index (χ4v) is 2.76. The van der Waals surface area contributed by atoms with E-state index in [1.54, 1.807) is 0 Å². The number of guanidine groups is 1. The van der Waals surface area contributed by atoms with Crippen LogP contribution in [0, 0.1) is 5.92 Å². The zero-order valence-electron chi connectivity index (χ0n) is 13.4. The van der Waals surface area contributed by atoms with Gasteiger partial charge in [0.15, 0.2) is 11.1 Å². The van der Waals surface area contributed by atoms with Gasteiger partial charge in [-0.15, -0.1) is 11.3 Å². The number of anilines is 1. The van der Waals surface area contributed by atoms with Crippen LogP contribution < -0.4 is 15.4 Å². The second-order valence-electron chi connectivity index (χ2n) is 5.74. The number of thiazole rings is 1. The van der Waals surface area contributed by atoms with Crippen molar-refractivity contribution in [2.75, 3.05) is 25.0 Å². The molecule has 2 aromatic heterocycles. The summed E-state index contributed by atoms with van der Waals surface area (Å²) in [6, 6.07) is 5.76. The molecule has 0 atom stereocenters. The minimum absolute atomic E-state index is 0.472. The molecule has 0 spiro atoms. The number of nitrogens with one attached hydrogen (secondary N) is 2. The van der Waals surface area contributed by atoms with Crippen molar-refractivity contribution in [1.82, 2.24) is 15.3 Å². The van der Waals surface area contributed by atoms with Crippen LogP contribution in [0.15, 0.2) is 28.6 Å². The second kappa shape index (κ2) is 7.41. The van der Waals surface area contributed by atoms with E-state index in [0.717, 1.165) is 42.0 Å². The van der Waals surface area contributed by atoms with Crippen LogP contribution in [-0.4, -0.2) is 35.6 Å². The molecule has 0 bridgehead atoms. The van der Waals surface area contributed by atoms with E-state index in [0.29, 0.717) is 18.4 Å². The lowest BCUT2D eigenvalue weighted by molar-refractivity contribution is 0.261. The highest BCUT2D eigenvalue weighted by Crippen LogP contribution is 2.25. The number of aliphatic imine (C=N–C) groups is 1. The highest BCUT2D eigenvalue weighted by Gasteiger charge is 2.10. The van der Waals surface area contributed by atoms with Crippen LogP contribution >= 0.6 is 11.3 Å². The summed E-state index contributed by atoms with van der Waals surface area (Å²) >= 11 is 1.54. The molecular weight excluding hydrogens is 310 g/mol. The first kappa shape index (κ1) is 15.7. The molecule has 7 heteroatoms. The highest BCUT2D eigenvalue weighted by atomic mass is 32.1. The molecular formula is C16H21N5OS. The molecule has 0 saturated carbocycles. The van der Waals surface area contributed by atoms with Crippen molar-refractivity contribution in [3.05, 3.63) is 23.6 Å². The molecule has 3 heterocycles. The Morgan fingerprint density at radius 2 is 2.22 bits per heavy atom. The SMILES string of the molecule is CC(C)COc1cccc(-c2csc(NC3=NCCCN3)n2)n1. The lowest BCUT2D eigenvalue weighted by Gasteiger charge is -2.14. The van der Waals surface area contributed by atoms with Gasteiger partial charge in [0.25, 0.3) is 0 Å². The predicted molar refractivity (Wildman–Crippen MR) is 94.2 cm³/mol. The Morgan fingerprint density at radius 3 is 3.00 bits per heavy atom. The molecule has 122 valence electrons. The summed E-state index contributed by atoms with van der Waals surface area (Å²) in [4.78, 5) is 13.5. The number of nitrogens with zero attached hydrogens (tertiary/aromatic N) is 3. The van der Waals surface area contributed by atoms with E-state index in [1.807, 2.05) is 23.6 Å². The van der Waals surface area contributed by atoms with Gasteiger partial charge < -0.3 is 15.4 Å². The van der Waals surface area contributed by atoms with Gasteiger partial charge in [-0.1, -0.05) is 19.9 Å². The van der Waals surface area contributed by atoms with Crippen molar-refractivity contribution in [2.24, 2.45) is 10.9 Å². The minimum atomic E-state index is 0.472. The van der Waals surface area contributed by atoms with Crippen molar-refractivity contribution in [3.8, 4) is 17.3 Å². The van der Waals surface area contributed by atoms with Crippen LogP contribution in [0.5, 0.6) is 5.88 Å². The third-order valence-corrected chi connectivity index (χ3v) is 3.94. The molecule has 0 radical (unpaired) electrons. The third kappa shape index (κ3) is 4.41. The summed E-state index contributed by atoms with van der Waals surface area (Å²) in [5.41, 5.74) is 1.65. The molecule has 0 fully saturated rings. The fraction of sp³-hybridized carbons (Fsp3) is 0.438. The highest BCUT2D eigenvalue weighted by molar-refractivity contribution is 7.14. The van der Waals surface area contributed by atoms with Crippen molar-refractivity contribution in [2.45, 2.75) is 20.3 Å². The lowest BCUT2D eigenvalue weighted by atomic mass is 10.2. The van der Waals surface area contributed by atoms with Gasteiger partial charge in [0.1, 0.15) is 5.69 Å². The summed E-state index contributed by atoms with van der Waals surface area (Å²) in [6.07, 6.45) is 1.07. The van der Waals surface area contributed by atoms with Crippen molar-refractivity contribution in [1.29, 1.82) is 0 Å². The maximum absolute atomic E-state index is 5.68. The number of hydrogen-bond donors (Lipinski definition) is 2. The molecule has 1 aliphatic rings. The van der Waals surface area contributed by atoms with Gasteiger partial charge in [-0.2, -0.15) is 0 Å². The van der Waals surface area contributed by atoms with E-state index >= 15 is 0 Å². The molecule has 0 aliphatic carbocycles. The van der Waals surface area contributed by atoms with Gasteiger partial charge in [-0.05, 0) is 18.4 Å². The van der Waals surface area contributed by atoms with Crippen LogP contribution in [0.4, 0.5) is 5.13 Å². The molecule has 3 rings (SSSR count). The smallest absolute Gasteiger partial charge is 0.213 e. The minimum Gasteiger partial charge on any atom is -0.477 e. The Hall–Kier alpha value is -2.15. The van der Waals surface area contributed by atoms with E-state index in [4.69, 9.17) is 4.74 Å². The Balaban J connectivity index is 1.69. The normalized spacial score (nSPS) is 14.3.